The molecular weight excluding hydrogens is 340 g/mol. The van der Waals surface area contributed by atoms with Gasteiger partial charge in [0.2, 0.25) is 0 Å². The van der Waals surface area contributed by atoms with Crippen LogP contribution in [0.3, 0.4) is 0 Å². The van der Waals surface area contributed by atoms with Crippen molar-refractivity contribution in [2.45, 2.75) is 0 Å². The summed E-state index contributed by atoms with van der Waals surface area (Å²) in [6.45, 7) is 0.161. The number of primary amides is 1. The Morgan fingerprint density at radius 1 is 1.33 bits per heavy atom. The first-order valence-electron chi connectivity index (χ1n) is 6.75. The van der Waals surface area contributed by atoms with Crippen LogP contribution in [-0.4, -0.2) is 50.8 Å². The summed E-state index contributed by atoms with van der Waals surface area (Å²) in [5.74, 6) is -2.14. The normalized spacial score (nSPS) is 10.4. The van der Waals surface area contributed by atoms with Crippen LogP contribution in [-0.2, 0) is 19.1 Å². The number of nitrogens with zero attached hydrogens (tertiary/aromatic N) is 1. The fourth-order valence-corrected chi connectivity index (χ4v) is 1.64. The van der Waals surface area contributed by atoms with Gasteiger partial charge in [0.1, 0.15) is 5.75 Å². The largest absolute Gasteiger partial charge is 0.483 e. The molecule has 0 atom stereocenters. The molecule has 0 aliphatic carbocycles. The van der Waals surface area contributed by atoms with Gasteiger partial charge in [0.15, 0.2) is 6.61 Å². The quantitative estimate of drug-likeness (QED) is 0.248. The van der Waals surface area contributed by atoms with E-state index in [2.05, 4.69) is 15.8 Å². The van der Waals surface area contributed by atoms with Gasteiger partial charge in [0, 0.05) is 24.2 Å². The second kappa shape index (κ2) is 10.2. The maximum absolute atomic E-state index is 11.5. The van der Waals surface area contributed by atoms with Crippen LogP contribution in [0.15, 0.2) is 23.3 Å². The Hall–Kier alpha value is -2.65. The van der Waals surface area contributed by atoms with E-state index in [0.29, 0.717) is 16.3 Å². The highest BCUT2D eigenvalue weighted by molar-refractivity contribution is 6.35. The van der Waals surface area contributed by atoms with Crippen molar-refractivity contribution in [2.75, 3.05) is 26.9 Å². The second-order valence-electron chi connectivity index (χ2n) is 4.38. The number of nitrogens with two attached hydrogens (primary N) is 1. The Balaban J connectivity index is 2.65. The first-order valence-corrected chi connectivity index (χ1v) is 7.12. The van der Waals surface area contributed by atoms with E-state index in [9.17, 15) is 14.4 Å². The minimum Gasteiger partial charge on any atom is -0.483 e. The average molecular weight is 357 g/mol. The number of carbonyl (C=O) groups is 3. The van der Waals surface area contributed by atoms with Gasteiger partial charge >= 0.3 is 11.8 Å². The number of hydrogen-bond acceptors (Lipinski definition) is 6. The number of methoxy groups -OCH3 is 1. The molecule has 1 aromatic rings. The molecule has 3 amide bonds. The highest BCUT2D eigenvalue weighted by atomic mass is 35.5. The molecule has 0 bridgehead atoms. The van der Waals surface area contributed by atoms with E-state index in [4.69, 9.17) is 26.8 Å². The number of amides is 3. The zero-order valence-corrected chi connectivity index (χ0v) is 13.6. The summed E-state index contributed by atoms with van der Waals surface area (Å²) >= 11 is 5.87. The lowest BCUT2D eigenvalue weighted by atomic mass is 10.2. The Morgan fingerprint density at radius 2 is 2.08 bits per heavy atom. The molecule has 0 saturated heterocycles. The zero-order chi connectivity index (χ0) is 17.9. The Labute approximate surface area is 143 Å². The zero-order valence-electron chi connectivity index (χ0n) is 12.9. The van der Waals surface area contributed by atoms with Gasteiger partial charge in [0.25, 0.3) is 5.91 Å². The van der Waals surface area contributed by atoms with Gasteiger partial charge in [0.05, 0.1) is 12.8 Å². The molecule has 130 valence electrons. The summed E-state index contributed by atoms with van der Waals surface area (Å²) in [5.41, 5.74) is 7.46. The standard InChI is InChI=1S/C14H17ClN4O5/c1-23-5-4-17-13(21)14(22)19-18-7-9-6-10(15)2-3-11(9)24-8-12(16)20/h2-3,6-7H,4-5,8H2,1H3,(H2,16,20)(H,17,21)(H,19,22)/b18-7-. The van der Waals surface area contributed by atoms with Crippen molar-refractivity contribution in [3.8, 4) is 5.75 Å². The molecule has 9 nitrogen and oxygen atoms in total. The molecule has 0 aliphatic rings. The summed E-state index contributed by atoms with van der Waals surface area (Å²) in [6, 6.07) is 4.58. The summed E-state index contributed by atoms with van der Waals surface area (Å²) < 4.78 is 9.93. The lowest BCUT2D eigenvalue weighted by Crippen LogP contribution is -2.39. The van der Waals surface area contributed by atoms with E-state index < -0.39 is 17.7 Å². The van der Waals surface area contributed by atoms with E-state index in [1.807, 2.05) is 0 Å². The van der Waals surface area contributed by atoms with E-state index in [-0.39, 0.29) is 19.8 Å². The SMILES string of the molecule is COCCNC(=O)C(=O)N/N=C\c1cc(Cl)ccc1OCC(N)=O. The molecule has 0 aliphatic heterocycles. The van der Waals surface area contributed by atoms with Crippen molar-refractivity contribution in [3.05, 3.63) is 28.8 Å². The van der Waals surface area contributed by atoms with E-state index in [1.54, 1.807) is 6.07 Å². The Morgan fingerprint density at radius 3 is 2.75 bits per heavy atom. The van der Waals surface area contributed by atoms with Crippen LogP contribution in [0.25, 0.3) is 0 Å². The molecule has 0 saturated carbocycles. The van der Waals surface area contributed by atoms with Crippen LogP contribution in [0.4, 0.5) is 0 Å². The molecule has 24 heavy (non-hydrogen) atoms. The van der Waals surface area contributed by atoms with Crippen molar-refractivity contribution >= 4 is 35.5 Å². The lowest BCUT2D eigenvalue weighted by molar-refractivity contribution is -0.139. The van der Waals surface area contributed by atoms with Crippen LogP contribution in [0.5, 0.6) is 5.75 Å². The fourth-order valence-electron chi connectivity index (χ4n) is 1.46. The van der Waals surface area contributed by atoms with Gasteiger partial charge in [-0.25, -0.2) is 5.43 Å². The number of halogens is 1. The monoisotopic (exact) mass is 356 g/mol. The molecule has 1 rings (SSSR count). The van der Waals surface area contributed by atoms with Gasteiger partial charge < -0.3 is 20.5 Å². The number of hydrogen-bond donors (Lipinski definition) is 3. The fraction of sp³-hybridized carbons (Fsp3) is 0.286. The lowest BCUT2D eigenvalue weighted by Gasteiger charge is -2.07. The molecule has 0 heterocycles. The van der Waals surface area contributed by atoms with Crippen LogP contribution in [0.2, 0.25) is 5.02 Å². The summed E-state index contributed by atoms with van der Waals surface area (Å²) in [6.07, 6.45) is 1.22. The maximum Gasteiger partial charge on any atom is 0.329 e. The first kappa shape index (κ1) is 19.4. The van der Waals surface area contributed by atoms with Crippen molar-refractivity contribution in [1.82, 2.24) is 10.7 Å². The summed E-state index contributed by atoms with van der Waals surface area (Å²) in [5, 5.41) is 6.38. The van der Waals surface area contributed by atoms with Crippen LogP contribution in [0, 0.1) is 0 Å². The van der Waals surface area contributed by atoms with Crippen molar-refractivity contribution < 1.29 is 23.9 Å². The number of carbonyl (C=O) groups excluding carboxylic acids is 3. The topological polar surface area (TPSA) is 132 Å². The number of hydrazone groups is 1. The number of rotatable bonds is 8. The molecule has 0 unspecified atom stereocenters. The van der Waals surface area contributed by atoms with Crippen molar-refractivity contribution in [3.63, 3.8) is 0 Å². The highest BCUT2D eigenvalue weighted by Gasteiger charge is 2.11. The summed E-state index contributed by atoms with van der Waals surface area (Å²) in [7, 11) is 1.47. The van der Waals surface area contributed by atoms with Gasteiger partial charge in [-0.15, -0.1) is 0 Å². The molecule has 4 N–H and O–H groups in total. The first-order chi connectivity index (χ1) is 11.4. The maximum atomic E-state index is 11.5. The molecule has 0 fully saturated rings. The molecule has 0 aromatic heterocycles. The minimum atomic E-state index is -0.941. The van der Waals surface area contributed by atoms with E-state index in [0.717, 1.165) is 0 Å². The van der Waals surface area contributed by atoms with Gasteiger partial charge in [-0.2, -0.15) is 5.10 Å². The van der Waals surface area contributed by atoms with Crippen molar-refractivity contribution in [2.24, 2.45) is 10.8 Å². The molecule has 10 heteroatoms. The van der Waals surface area contributed by atoms with E-state index >= 15 is 0 Å². The third-order valence-corrected chi connectivity index (χ3v) is 2.74. The second-order valence-corrected chi connectivity index (χ2v) is 4.82. The van der Waals surface area contributed by atoms with Crippen LogP contribution in [0.1, 0.15) is 5.56 Å². The Kier molecular flexibility index (Phi) is 8.23. The predicted molar refractivity (Wildman–Crippen MR) is 86.8 cm³/mol. The van der Waals surface area contributed by atoms with E-state index in [1.165, 1.54) is 25.5 Å². The smallest absolute Gasteiger partial charge is 0.329 e. The number of ether oxygens (including phenoxy) is 2. The van der Waals surface area contributed by atoms with Crippen LogP contribution >= 0.6 is 11.6 Å². The summed E-state index contributed by atoms with van der Waals surface area (Å²) in [4.78, 5) is 33.7. The third-order valence-electron chi connectivity index (χ3n) is 2.51. The van der Waals surface area contributed by atoms with Crippen molar-refractivity contribution in [1.29, 1.82) is 0 Å². The Bertz CT molecular complexity index is 636. The highest BCUT2D eigenvalue weighted by Crippen LogP contribution is 2.21. The molecule has 1 aromatic carbocycles. The molecular formula is C14H17ClN4O5. The predicted octanol–water partition coefficient (Wildman–Crippen LogP) is -0.583. The van der Waals surface area contributed by atoms with Crippen LogP contribution < -0.4 is 21.2 Å². The number of benzene rings is 1. The number of nitrogens with one attached hydrogen (secondary N) is 2. The molecule has 0 radical (unpaired) electrons. The van der Waals surface area contributed by atoms with Gasteiger partial charge in [-0.05, 0) is 18.2 Å². The average Bonchev–Trinajstić information content (AvgIpc) is 2.53. The third kappa shape index (κ3) is 7.07. The minimum absolute atomic E-state index is 0.200. The molecule has 0 spiro atoms. The van der Waals surface area contributed by atoms with Gasteiger partial charge in [-0.1, -0.05) is 11.6 Å². The van der Waals surface area contributed by atoms with Gasteiger partial charge in [-0.3, -0.25) is 14.4 Å².